The van der Waals surface area contributed by atoms with E-state index in [-0.39, 0.29) is 6.04 Å². The molecule has 108 valence electrons. The van der Waals surface area contributed by atoms with E-state index in [1.807, 2.05) is 6.92 Å². The number of piperidine rings is 1. The molecule has 1 aromatic carbocycles. The van der Waals surface area contributed by atoms with Crippen molar-refractivity contribution in [3.05, 3.63) is 29.3 Å². The summed E-state index contributed by atoms with van der Waals surface area (Å²) in [6.45, 7) is 2.71. The molecule has 0 radical (unpaired) electrons. The molecule has 1 saturated heterocycles. The molecule has 4 nitrogen and oxygen atoms in total. The van der Waals surface area contributed by atoms with Crippen LogP contribution in [0.3, 0.4) is 0 Å². The molecule has 1 unspecified atom stereocenters. The summed E-state index contributed by atoms with van der Waals surface area (Å²) in [7, 11) is 0. The highest BCUT2D eigenvalue weighted by Gasteiger charge is 2.29. The van der Waals surface area contributed by atoms with Crippen LogP contribution >= 0.6 is 11.6 Å². The summed E-state index contributed by atoms with van der Waals surface area (Å²) in [5.41, 5.74) is 0.543. The molecular weight excluding hydrogens is 276 g/mol. The van der Waals surface area contributed by atoms with Crippen LogP contribution in [0.15, 0.2) is 24.3 Å². The molecule has 1 aliphatic rings. The molecular formula is C15H19ClN2O2. The minimum atomic E-state index is -0.590. The molecule has 0 aromatic heterocycles. The van der Waals surface area contributed by atoms with E-state index in [1.54, 1.807) is 29.2 Å². The molecule has 5 heteroatoms. The first kappa shape index (κ1) is 14.9. The second-order valence-electron chi connectivity index (χ2n) is 5.02. The lowest BCUT2D eigenvalue weighted by Gasteiger charge is -2.34. The third-order valence-electron chi connectivity index (χ3n) is 3.64. The number of hydrogen-bond donors (Lipinski definition) is 1. The Morgan fingerprint density at radius 1 is 1.40 bits per heavy atom. The molecule has 1 fully saturated rings. The van der Waals surface area contributed by atoms with E-state index in [4.69, 9.17) is 11.6 Å². The number of carbonyl (C=O) groups excluding carboxylic acids is 2. The van der Waals surface area contributed by atoms with Crippen LogP contribution in [0, 0.1) is 0 Å². The summed E-state index contributed by atoms with van der Waals surface area (Å²) < 4.78 is 0. The van der Waals surface area contributed by atoms with Crippen LogP contribution in [0.2, 0.25) is 5.02 Å². The van der Waals surface area contributed by atoms with Gasteiger partial charge in [-0.05, 0) is 43.9 Å². The maximum Gasteiger partial charge on any atom is 0.313 e. The maximum atomic E-state index is 12.2. The van der Waals surface area contributed by atoms with E-state index in [2.05, 4.69) is 5.32 Å². The van der Waals surface area contributed by atoms with Gasteiger partial charge in [0.2, 0.25) is 0 Å². The molecule has 0 saturated carbocycles. The first-order valence-corrected chi connectivity index (χ1v) is 7.37. The molecule has 2 amide bonds. The van der Waals surface area contributed by atoms with Crippen LogP contribution in [-0.4, -0.2) is 29.3 Å². The number of amides is 2. The number of nitrogens with one attached hydrogen (secondary N) is 1. The average Bonchev–Trinajstić information content (AvgIpc) is 2.46. The van der Waals surface area contributed by atoms with Gasteiger partial charge in [0.25, 0.3) is 0 Å². The zero-order valence-electron chi connectivity index (χ0n) is 11.6. The van der Waals surface area contributed by atoms with E-state index in [0.717, 1.165) is 25.7 Å². The van der Waals surface area contributed by atoms with Gasteiger partial charge in [-0.15, -0.1) is 0 Å². The standard InChI is InChI=1S/C15H19ClN2O2/c1-2-13-8-3-4-9-18(13)15(20)14(19)17-12-7-5-6-11(16)10-12/h5-7,10,13H,2-4,8-9H2,1H3,(H,17,19). The molecule has 0 spiro atoms. The van der Waals surface area contributed by atoms with E-state index in [9.17, 15) is 9.59 Å². The molecule has 1 heterocycles. The van der Waals surface area contributed by atoms with Crippen molar-refractivity contribution in [1.29, 1.82) is 0 Å². The van der Waals surface area contributed by atoms with Gasteiger partial charge < -0.3 is 10.2 Å². The molecule has 0 aliphatic carbocycles. The van der Waals surface area contributed by atoms with Gasteiger partial charge in [0.15, 0.2) is 0 Å². The third kappa shape index (κ3) is 3.51. The molecule has 0 bridgehead atoms. The van der Waals surface area contributed by atoms with Crippen molar-refractivity contribution < 1.29 is 9.59 Å². The quantitative estimate of drug-likeness (QED) is 0.852. The number of rotatable bonds is 2. The van der Waals surface area contributed by atoms with Gasteiger partial charge in [0, 0.05) is 23.3 Å². The normalized spacial score (nSPS) is 18.7. The van der Waals surface area contributed by atoms with Crippen LogP contribution in [0.25, 0.3) is 0 Å². The molecule has 1 N–H and O–H groups in total. The molecule has 1 aromatic rings. The zero-order chi connectivity index (χ0) is 14.5. The van der Waals surface area contributed by atoms with Crippen LogP contribution in [0.5, 0.6) is 0 Å². The largest absolute Gasteiger partial charge is 0.331 e. The second kappa shape index (κ2) is 6.75. The fourth-order valence-corrected chi connectivity index (χ4v) is 2.76. The Hall–Kier alpha value is -1.55. The first-order valence-electron chi connectivity index (χ1n) is 6.99. The molecule has 20 heavy (non-hydrogen) atoms. The van der Waals surface area contributed by atoms with Crippen LogP contribution < -0.4 is 5.32 Å². The van der Waals surface area contributed by atoms with Gasteiger partial charge in [-0.25, -0.2) is 0 Å². The Labute approximate surface area is 124 Å². The van der Waals surface area contributed by atoms with Crippen molar-refractivity contribution >= 4 is 29.1 Å². The smallest absolute Gasteiger partial charge is 0.313 e. The van der Waals surface area contributed by atoms with Crippen LogP contribution in [0.4, 0.5) is 5.69 Å². The van der Waals surface area contributed by atoms with Gasteiger partial charge in [-0.2, -0.15) is 0 Å². The number of likely N-dealkylation sites (tertiary alicyclic amines) is 1. The average molecular weight is 295 g/mol. The predicted octanol–water partition coefficient (Wildman–Crippen LogP) is 3.07. The summed E-state index contributed by atoms with van der Waals surface area (Å²) in [5.74, 6) is -1.04. The van der Waals surface area contributed by atoms with Crippen molar-refractivity contribution in [2.45, 2.75) is 38.6 Å². The Kier molecular flexibility index (Phi) is 5.01. The van der Waals surface area contributed by atoms with Gasteiger partial charge in [-0.3, -0.25) is 9.59 Å². The summed E-state index contributed by atoms with van der Waals surface area (Å²) in [4.78, 5) is 26.0. The predicted molar refractivity (Wildman–Crippen MR) is 79.7 cm³/mol. The number of halogens is 1. The zero-order valence-corrected chi connectivity index (χ0v) is 12.3. The number of nitrogens with zero attached hydrogens (tertiary/aromatic N) is 1. The number of anilines is 1. The van der Waals surface area contributed by atoms with Gasteiger partial charge in [0.1, 0.15) is 0 Å². The Bertz CT molecular complexity index is 504. The van der Waals surface area contributed by atoms with Gasteiger partial charge in [-0.1, -0.05) is 24.6 Å². The number of benzene rings is 1. The fourth-order valence-electron chi connectivity index (χ4n) is 2.57. The topological polar surface area (TPSA) is 49.4 Å². The minimum Gasteiger partial charge on any atom is -0.331 e. The van der Waals surface area contributed by atoms with Crippen LogP contribution in [-0.2, 0) is 9.59 Å². The van der Waals surface area contributed by atoms with Crippen molar-refractivity contribution in [2.24, 2.45) is 0 Å². The summed E-state index contributed by atoms with van der Waals surface area (Å²) in [5, 5.41) is 3.14. The summed E-state index contributed by atoms with van der Waals surface area (Å²) in [6, 6.07) is 6.97. The summed E-state index contributed by atoms with van der Waals surface area (Å²) >= 11 is 5.86. The first-order chi connectivity index (χ1) is 9.61. The maximum absolute atomic E-state index is 12.2. The summed E-state index contributed by atoms with van der Waals surface area (Å²) in [6.07, 6.45) is 3.95. The lowest BCUT2D eigenvalue weighted by atomic mass is 10.00. The van der Waals surface area contributed by atoms with Crippen LogP contribution in [0.1, 0.15) is 32.6 Å². The number of carbonyl (C=O) groups is 2. The van der Waals surface area contributed by atoms with Gasteiger partial charge in [0.05, 0.1) is 0 Å². The third-order valence-corrected chi connectivity index (χ3v) is 3.87. The molecule has 2 rings (SSSR count). The highest BCUT2D eigenvalue weighted by molar-refractivity contribution is 6.39. The Morgan fingerprint density at radius 2 is 2.20 bits per heavy atom. The highest BCUT2D eigenvalue weighted by Crippen LogP contribution is 2.20. The Balaban J connectivity index is 2.02. The van der Waals surface area contributed by atoms with E-state index >= 15 is 0 Å². The van der Waals surface area contributed by atoms with Crippen molar-refractivity contribution in [3.8, 4) is 0 Å². The van der Waals surface area contributed by atoms with E-state index < -0.39 is 11.8 Å². The van der Waals surface area contributed by atoms with E-state index in [0.29, 0.717) is 17.3 Å². The Morgan fingerprint density at radius 3 is 2.90 bits per heavy atom. The minimum absolute atomic E-state index is 0.182. The monoisotopic (exact) mass is 294 g/mol. The van der Waals surface area contributed by atoms with E-state index in [1.165, 1.54) is 0 Å². The van der Waals surface area contributed by atoms with Crippen molar-refractivity contribution in [1.82, 2.24) is 4.90 Å². The second-order valence-corrected chi connectivity index (χ2v) is 5.46. The number of hydrogen-bond acceptors (Lipinski definition) is 2. The highest BCUT2D eigenvalue weighted by atomic mass is 35.5. The molecule has 1 atom stereocenters. The van der Waals surface area contributed by atoms with Crippen molar-refractivity contribution in [2.75, 3.05) is 11.9 Å². The lowest BCUT2D eigenvalue weighted by molar-refractivity contribution is -0.145. The SMILES string of the molecule is CCC1CCCCN1C(=O)C(=O)Nc1cccc(Cl)c1. The molecule has 1 aliphatic heterocycles. The van der Waals surface area contributed by atoms with Gasteiger partial charge >= 0.3 is 11.8 Å². The van der Waals surface area contributed by atoms with Crippen molar-refractivity contribution in [3.63, 3.8) is 0 Å². The fraction of sp³-hybridized carbons (Fsp3) is 0.467. The lowest BCUT2D eigenvalue weighted by Crippen LogP contribution is -2.48.